The number of anilines is 1. The lowest BCUT2D eigenvalue weighted by Gasteiger charge is -2.33. The molecule has 0 heterocycles. The molecule has 0 aliphatic carbocycles. The number of hydrogen-bond acceptors (Lipinski definition) is 5. The van der Waals surface area contributed by atoms with Gasteiger partial charge in [-0.05, 0) is 82.1 Å². The van der Waals surface area contributed by atoms with Gasteiger partial charge < -0.3 is 15.0 Å². The predicted molar refractivity (Wildman–Crippen MR) is 153 cm³/mol. The zero-order valence-electron chi connectivity index (χ0n) is 23.3. The van der Waals surface area contributed by atoms with Crippen LogP contribution in [0.25, 0.3) is 0 Å². The lowest BCUT2D eigenvalue weighted by molar-refractivity contribution is -0.140. The summed E-state index contributed by atoms with van der Waals surface area (Å²) in [5.74, 6) is -0.316. The Morgan fingerprint density at radius 1 is 0.923 bits per heavy atom. The fourth-order valence-corrected chi connectivity index (χ4v) is 5.44. The number of benzene rings is 3. The predicted octanol–water partition coefficient (Wildman–Crippen LogP) is 4.53. The number of methoxy groups -OCH3 is 1. The van der Waals surface area contributed by atoms with Crippen molar-refractivity contribution in [3.8, 4) is 5.75 Å². The number of aryl methyl sites for hydroxylation is 1. The average Bonchev–Trinajstić information content (AvgIpc) is 2.90. The number of sulfonamides is 1. The molecule has 8 nitrogen and oxygen atoms in total. The van der Waals surface area contributed by atoms with Crippen molar-refractivity contribution in [2.75, 3.05) is 18.0 Å². The minimum atomic E-state index is -4.13. The third kappa shape index (κ3) is 7.60. The Bertz CT molecular complexity index is 1380. The summed E-state index contributed by atoms with van der Waals surface area (Å²) >= 11 is 0. The topological polar surface area (TPSA) is 96.0 Å². The first-order valence-electron chi connectivity index (χ1n) is 12.7. The van der Waals surface area contributed by atoms with Gasteiger partial charge in [0.05, 0.1) is 17.7 Å². The zero-order chi connectivity index (χ0) is 28.8. The number of amides is 2. The van der Waals surface area contributed by atoms with Crippen molar-refractivity contribution in [1.29, 1.82) is 0 Å². The van der Waals surface area contributed by atoms with Crippen LogP contribution in [0.5, 0.6) is 5.75 Å². The molecule has 0 unspecified atom stereocenters. The number of nitrogens with one attached hydrogen (secondary N) is 1. The molecule has 1 atom stereocenters. The number of carbonyl (C=O) groups excluding carboxylic acids is 2. The number of carbonyl (C=O) groups is 2. The third-order valence-electron chi connectivity index (χ3n) is 6.24. The lowest BCUT2D eigenvalue weighted by atomic mass is 10.1. The van der Waals surface area contributed by atoms with Crippen molar-refractivity contribution in [2.24, 2.45) is 0 Å². The molecule has 9 heteroatoms. The van der Waals surface area contributed by atoms with Crippen molar-refractivity contribution < 1.29 is 22.7 Å². The quantitative estimate of drug-likeness (QED) is 0.399. The molecule has 0 bridgehead atoms. The SMILES string of the molecule is COc1ccc(S(=O)(=O)N(CC(=O)N(Cc2ccccc2C)[C@H](C)C(=O)NC(C)(C)C)c2ccccc2)cc1. The minimum absolute atomic E-state index is 0.0175. The molecule has 3 aromatic rings. The van der Waals surface area contributed by atoms with Crippen LogP contribution in [0, 0.1) is 6.92 Å². The van der Waals surface area contributed by atoms with Crippen LogP contribution in [0.3, 0.4) is 0 Å². The van der Waals surface area contributed by atoms with E-state index >= 15 is 0 Å². The van der Waals surface area contributed by atoms with Gasteiger partial charge in [0.25, 0.3) is 10.0 Å². The summed E-state index contributed by atoms with van der Waals surface area (Å²) in [6.45, 7) is 8.84. The van der Waals surface area contributed by atoms with E-state index < -0.39 is 34.1 Å². The second-order valence-electron chi connectivity index (χ2n) is 10.4. The van der Waals surface area contributed by atoms with Crippen LogP contribution in [0.1, 0.15) is 38.8 Å². The van der Waals surface area contributed by atoms with Crippen LogP contribution in [0.15, 0.2) is 83.8 Å². The molecule has 0 radical (unpaired) electrons. The maximum absolute atomic E-state index is 14.0. The molecule has 1 N–H and O–H groups in total. The van der Waals surface area contributed by atoms with E-state index in [1.54, 1.807) is 49.4 Å². The lowest BCUT2D eigenvalue weighted by Crippen LogP contribution is -2.54. The first kappa shape index (κ1) is 29.7. The van der Waals surface area contributed by atoms with Gasteiger partial charge >= 0.3 is 0 Å². The van der Waals surface area contributed by atoms with Gasteiger partial charge in [0.1, 0.15) is 18.3 Å². The number of ether oxygens (including phenoxy) is 1. The molecule has 0 saturated heterocycles. The average molecular weight is 552 g/mol. The second-order valence-corrected chi connectivity index (χ2v) is 12.2. The van der Waals surface area contributed by atoms with Crippen LogP contribution in [0.2, 0.25) is 0 Å². The summed E-state index contributed by atoms with van der Waals surface area (Å²) < 4.78 is 33.9. The van der Waals surface area contributed by atoms with Gasteiger partial charge in [-0.25, -0.2) is 8.42 Å². The molecule has 0 aliphatic rings. The number of rotatable bonds is 10. The molecule has 0 spiro atoms. The fraction of sp³-hybridized carbons (Fsp3) is 0.333. The Kier molecular flexibility index (Phi) is 9.40. The molecule has 39 heavy (non-hydrogen) atoms. The Balaban J connectivity index is 2.02. The molecule has 0 aliphatic heterocycles. The summed E-state index contributed by atoms with van der Waals surface area (Å²) in [6, 6.07) is 21.2. The van der Waals surface area contributed by atoms with Crippen LogP contribution in [-0.2, 0) is 26.2 Å². The molecule has 3 aromatic carbocycles. The molecule has 208 valence electrons. The molecule has 0 fully saturated rings. The monoisotopic (exact) mass is 551 g/mol. The van der Waals surface area contributed by atoms with Crippen LogP contribution in [-0.4, -0.2) is 50.4 Å². The van der Waals surface area contributed by atoms with E-state index in [0.717, 1.165) is 15.4 Å². The van der Waals surface area contributed by atoms with Gasteiger partial charge in [0.2, 0.25) is 11.8 Å². The maximum Gasteiger partial charge on any atom is 0.264 e. The summed E-state index contributed by atoms with van der Waals surface area (Å²) in [5.41, 5.74) is 1.66. The third-order valence-corrected chi connectivity index (χ3v) is 8.03. The fourth-order valence-electron chi connectivity index (χ4n) is 4.03. The van der Waals surface area contributed by atoms with Crippen molar-refractivity contribution >= 4 is 27.5 Å². The van der Waals surface area contributed by atoms with E-state index in [0.29, 0.717) is 11.4 Å². The van der Waals surface area contributed by atoms with Crippen LogP contribution in [0.4, 0.5) is 5.69 Å². The molecule has 0 aromatic heterocycles. The highest BCUT2D eigenvalue weighted by Gasteiger charge is 2.33. The highest BCUT2D eigenvalue weighted by molar-refractivity contribution is 7.92. The Hall–Kier alpha value is -3.85. The summed E-state index contributed by atoms with van der Waals surface area (Å²) in [5, 5.41) is 2.93. The minimum Gasteiger partial charge on any atom is -0.497 e. The van der Waals surface area contributed by atoms with Gasteiger partial charge in [-0.15, -0.1) is 0 Å². The first-order chi connectivity index (χ1) is 18.3. The van der Waals surface area contributed by atoms with Crippen LogP contribution < -0.4 is 14.4 Å². The summed E-state index contributed by atoms with van der Waals surface area (Å²) in [7, 11) is -2.64. The van der Waals surface area contributed by atoms with Crippen molar-refractivity contribution in [2.45, 2.75) is 57.6 Å². The van der Waals surface area contributed by atoms with E-state index in [1.807, 2.05) is 52.0 Å². The van der Waals surface area contributed by atoms with E-state index in [4.69, 9.17) is 4.74 Å². The van der Waals surface area contributed by atoms with Gasteiger partial charge in [-0.2, -0.15) is 0 Å². The summed E-state index contributed by atoms with van der Waals surface area (Å²) in [4.78, 5) is 28.6. The van der Waals surface area contributed by atoms with E-state index in [2.05, 4.69) is 5.32 Å². The maximum atomic E-state index is 14.0. The second kappa shape index (κ2) is 12.3. The van der Waals surface area contributed by atoms with Gasteiger partial charge in [-0.1, -0.05) is 42.5 Å². The van der Waals surface area contributed by atoms with Crippen molar-refractivity contribution in [1.82, 2.24) is 10.2 Å². The smallest absolute Gasteiger partial charge is 0.264 e. The van der Waals surface area contributed by atoms with Crippen LogP contribution >= 0.6 is 0 Å². The molecular weight excluding hydrogens is 514 g/mol. The molecule has 0 saturated carbocycles. The molecule has 2 amide bonds. The van der Waals surface area contributed by atoms with Crippen molar-refractivity contribution in [3.63, 3.8) is 0 Å². The van der Waals surface area contributed by atoms with Gasteiger partial charge in [0, 0.05) is 12.1 Å². The van der Waals surface area contributed by atoms with Crippen molar-refractivity contribution in [3.05, 3.63) is 90.0 Å². The Labute approximate surface area is 231 Å². The van der Waals surface area contributed by atoms with E-state index in [9.17, 15) is 18.0 Å². The normalized spacial score (nSPS) is 12.4. The highest BCUT2D eigenvalue weighted by atomic mass is 32.2. The standard InChI is InChI=1S/C30H37N3O5S/c1-22-12-10-11-13-24(22)20-32(23(2)29(35)31-30(3,4)5)28(34)21-33(25-14-8-7-9-15-25)39(36,37)27-18-16-26(38-6)17-19-27/h7-19,23H,20-21H2,1-6H3,(H,31,35)/t23-/m1/s1. The molecular formula is C30H37N3O5S. The number of nitrogens with zero attached hydrogens (tertiary/aromatic N) is 2. The van der Waals surface area contributed by atoms with Gasteiger partial charge in [0.15, 0.2) is 0 Å². The Morgan fingerprint density at radius 3 is 2.08 bits per heavy atom. The van der Waals surface area contributed by atoms with E-state index in [-0.39, 0.29) is 17.3 Å². The largest absolute Gasteiger partial charge is 0.497 e. The highest BCUT2D eigenvalue weighted by Crippen LogP contribution is 2.26. The number of para-hydroxylation sites is 1. The Morgan fingerprint density at radius 2 is 1.51 bits per heavy atom. The number of hydrogen-bond donors (Lipinski definition) is 1. The van der Waals surface area contributed by atoms with E-state index in [1.165, 1.54) is 24.1 Å². The molecule has 3 rings (SSSR count). The summed E-state index contributed by atoms with van der Waals surface area (Å²) in [6.07, 6.45) is 0. The first-order valence-corrected chi connectivity index (χ1v) is 14.2. The van der Waals surface area contributed by atoms with Gasteiger partial charge in [-0.3, -0.25) is 13.9 Å². The zero-order valence-corrected chi connectivity index (χ0v) is 24.2.